The topological polar surface area (TPSA) is 26.3 Å². The molecule has 0 radical (unpaired) electrons. The molecule has 1 aromatic carbocycles. The molecule has 0 spiro atoms. The van der Waals surface area contributed by atoms with Gasteiger partial charge in [0.15, 0.2) is 5.78 Å². The molecule has 0 heterocycles. The number of alkyl halides is 3. The van der Waals surface area contributed by atoms with Crippen LogP contribution in [0, 0.1) is 0 Å². The molecule has 0 saturated heterocycles. The summed E-state index contributed by atoms with van der Waals surface area (Å²) in [5.74, 6) is -0.711. The van der Waals surface area contributed by atoms with E-state index in [1.807, 2.05) is 0 Å². The van der Waals surface area contributed by atoms with Gasteiger partial charge in [-0.25, -0.2) is 0 Å². The smallest absolute Gasteiger partial charge is 0.406 e. The third kappa shape index (κ3) is 3.46. The first-order chi connectivity index (χ1) is 6.92. The average molecular weight is 216 g/mol. The van der Waals surface area contributed by atoms with Gasteiger partial charge >= 0.3 is 6.36 Å². The fourth-order valence-electron chi connectivity index (χ4n) is 0.939. The minimum Gasteiger partial charge on any atom is -0.406 e. The van der Waals surface area contributed by atoms with Gasteiger partial charge in [0.25, 0.3) is 0 Å². The Hall–Kier alpha value is -1.78. The van der Waals surface area contributed by atoms with Crippen LogP contribution < -0.4 is 4.74 Å². The van der Waals surface area contributed by atoms with Crippen molar-refractivity contribution < 1.29 is 22.7 Å². The van der Waals surface area contributed by atoms with Crippen molar-refractivity contribution in [3.8, 4) is 5.75 Å². The Labute approximate surface area is 84.0 Å². The maximum atomic E-state index is 11.8. The van der Waals surface area contributed by atoms with E-state index in [9.17, 15) is 18.0 Å². The number of ether oxygens (including phenoxy) is 1. The van der Waals surface area contributed by atoms with E-state index in [2.05, 4.69) is 11.3 Å². The molecule has 0 bridgehead atoms. The van der Waals surface area contributed by atoms with Gasteiger partial charge in [0.2, 0.25) is 0 Å². The first kappa shape index (κ1) is 11.3. The largest absolute Gasteiger partial charge is 0.573 e. The molecule has 5 heteroatoms. The van der Waals surface area contributed by atoms with E-state index < -0.39 is 6.36 Å². The standard InChI is InChI=1S/C10H7F3O2/c1-2-9(14)7-3-5-8(6-4-7)15-10(11,12)13/h2-6H,1H2. The van der Waals surface area contributed by atoms with E-state index in [0.29, 0.717) is 0 Å². The van der Waals surface area contributed by atoms with Gasteiger partial charge in [-0.1, -0.05) is 6.58 Å². The van der Waals surface area contributed by atoms with Crippen LogP contribution in [0.2, 0.25) is 0 Å². The van der Waals surface area contributed by atoms with Gasteiger partial charge in [-0.2, -0.15) is 0 Å². The first-order valence-electron chi connectivity index (χ1n) is 3.95. The van der Waals surface area contributed by atoms with E-state index in [1.165, 1.54) is 12.1 Å². The van der Waals surface area contributed by atoms with E-state index >= 15 is 0 Å². The molecule has 15 heavy (non-hydrogen) atoms. The van der Waals surface area contributed by atoms with Gasteiger partial charge in [-0.05, 0) is 30.3 Å². The van der Waals surface area contributed by atoms with Crippen LogP contribution in [0.1, 0.15) is 10.4 Å². The zero-order valence-corrected chi connectivity index (χ0v) is 7.54. The van der Waals surface area contributed by atoms with Crippen LogP contribution in [-0.4, -0.2) is 12.1 Å². The molecule has 0 amide bonds. The summed E-state index contributed by atoms with van der Waals surface area (Å²) in [6.45, 7) is 3.26. The zero-order chi connectivity index (χ0) is 11.5. The third-order valence-corrected chi connectivity index (χ3v) is 1.56. The Morgan fingerprint density at radius 3 is 2.20 bits per heavy atom. The van der Waals surface area contributed by atoms with Gasteiger partial charge in [-0.3, -0.25) is 4.79 Å². The maximum Gasteiger partial charge on any atom is 0.573 e. The number of hydrogen-bond donors (Lipinski definition) is 0. The maximum absolute atomic E-state index is 11.8. The molecule has 0 atom stereocenters. The Kier molecular flexibility index (Phi) is 3.14. The molecule has 1 rings (SSSR count). The second kappa shape index (κ2) is 4.16. The quantitative estimate of drug-likeness (QED) is 0.573. The summed E-state index contributed by atoms with van der Waals surface area (Å²) in [4.78, 5) is 11.0. The normalized spacial score (nSPS) is 10.9. The fraction of sp³-hybridized carbons (Fsp3) is 0.100. The summed E-state index contributed by atoms with van der Waals surface area (Å²) < 4.78 is 38.9. The number of allylic oxidation sites excluding steroid dienone is 1. The molecule has 0 aromatic heterocycles. The molecule has 0 N–H and O–H groups in total. The summed E-state index contributed by atoms with van der Waals surface area (Å²) >= 11 is 0. The van der Waals surface area contributed by atoms with E-state index in [4.69, 9.17) is 0 Å². The summed E-state index contributed by atoms with van der Waals surface area (Å²) in [7, 11) is 0. The Morgan fingerprint density at radius 2 is 1.80 bits per heavy atom. The molecule has 0 unspecified atom stereocenters. The lowest BCUT2D eigenvalue weighted by Crippen LogP contribution is -2.17. The highest BCUT2D eigenvalue weighted by atomic mass is 19.4. The number of carbonyl (C=O) groups excluding carboxylic acids is 1. The SMILES string of the molecule is C=CC(=O)c1ccc(OC(F)(F)F)cc1. The van der Waals surface area contributed by atoms with E-state index in [-0.39, 0.29) is 17.1 Å². The molecule has 0 aliphatic heterocycles. The lowest BCUT2D eigenvalue weighted by Gasteiger charge is -2.08. The Balaban J connectivity index is 2.81. The molecule has 0 aliphatic rings. The van der Waals surface area contributed by atoms with Crippen LogP contribution in [0.3, 0.4) is 0 Å². The number of benzene rings is 1. The minimum atomic E-state index is -4.72. The van der Waals surface area contributed by atoms with Gasteiger partial charge in [-0.15, -0.1) is 13.2 Å². The second-order valence-corrected chi connectivity index (χ2v) is 2.64. The highest BCUT2D eigenvalue weighted by Crippen LogP contribution is 2.22. The number of ketones is 1. The van der Waals surface area contributed by atoms with E-state index in [1.54, 1.807) is 0 Å². The molecule has 0 saturated carbocycles. The zero-order valence-electron chi connectivity index (χ0n) is 7.54. The van der Waals surface area contributed by atoms with Crippen molar-refractivity contribution in [1.29, 1.82) is 0 Å². The summed E-state index contributed by atoms with van der Waals surface area (Å²) in [5.41, 5.74) is 0.263. The predicted molar refractivity (Wildman–Crippen MR) is 47.7 cm³/mol. The molecule has 80 valence electrons. The van der Waals surface area contributed by atoms with Crippen LogP contribution in [0.15, 0.2) is 36.9 Å². The molecule has 0 aliphatic carbocycles. The number of hydrogen-bond acceptors (Lipinski definition) is 2. The minimum absolute atomic E-state index is 0.263. The van der Waals surface area contributed by atoms with Crippen molar-refractivity contribution in [3.05, 3.63) is 42.5 Å². The molecule has 0 fully saturated rings. The fourth-order valence-corrected chi connectivity index (χ4v) is 0.939. The summed E-state index contributed by atoms with van der Waals surface area (Å²) in [5, 5.41) is 0. The second-order valence-electron chi connectivity index (χ2n) is 2.64. The van der Waals surface area contributed by atoms with Gasteiger partial charge in [0.1, 0.15) is 5.75 Å². The monoisotopic (exact) mass is 216 g/mol. The lowest BCUT2D eigenvalue weighted by molar-refractivity contribution is -0.274. The average Bonchev–Trinajstić information content (AvgIpc) is 2.15. The number of rotatable bonds is 3. The van der Waals surface area contributed by atoms with Crippen molar-refractivity contribution in [3.63, 3.8) is 0 Å². The van der Waals surface area contributed by atoms with Gasteiger partial charge in [0.05, 0.1) is 0 Å². The molecular formula is C10H7F3O2. The highest BCUT2D eigenvalue weighted by molar-refractivity contribution is 6.04. The number of halogens is 3. The molecule has 2 nitrogen and oxygen atoms in total. The van der Waals surface area contributed by atoms with Crippen LogP contribution in [0.5, 0.6) is 5.75 Å². The first-order valence-corrected chi connectivity index (χ1v) is 3.95. The Bertz CT molecular complexity index is 365. The summed E-state index contributed by atoms with van der Waals surface area (Å²) in [6.07, 6.45) is -3.64. The Morgan fingerprint density at radius 1 is 1.27 bits per heavy atom. The van der Waals surface area contributed by atoms with Crippen LogP contribution >= 0.6 is 0 Å². The van der Waals surface area contributed by atoms with Gasteiger partial charge in [0, 0.05) is 5.56 Å². The van der Waals surface area contributed by atoms with Gasteiger partial charge < -0.3 is 4.74 Å². The van der Waals surface area contributed by atoms with E-state index in [0.717, 1.165) is 18.2 Å². The van der Waals surface area contributed by atoms with Crippen molar-refractivity contribution in [1.82, 2.24) is 0 Å². The van der Waals surface area contributed by atoms with Crippen LogP contribution in [0.4, 0.5) is 13.2 Å². The summed E-state index contributed by atoms with van der Waals surface area (Å²) in [6, 6.07) is 4.63. The third-order valence-electron chi connectivity index (χ3n) is 1.56. The van der Waals surface area contributed by atoms with Crippen molar-refractivity contribution in [2.24, 2.45) is 0 Å². The van der Waals surface area contributed by atoms with Crippen LogP contribution in [0.25, 0.3) is 0 Å². The molecular weight excluding hydrogens is 209 g/mol. The highest BCUT2D eigenvalue weighted by Gasteiger charge is 2.30. The van der Waals surface area contributed by atoms with Crippen molar-refractivity contribution >= 4 is 5.78 Å². The molecule has 1 aromatic rings. The predicted octanol–water partition coefficient (Wildman–Crippen LogP) is 2.95. The van der Waals surface area contributed by atoms with Crippen molar-refractivity contribution in [2.75, 3.05) is 0 Å². The van der Waals surface area contributed by atoms with Crippen LogP contribution in [-0.2, 0) is 0 Å². The number of carbonyl (C=O) groups is 1. The lowest BCUT2D eigenvalue weighted by atomic mass is 10.1. The van der Waals surface area contributed by atoms with Crippen molar-refractivity contribution in [2.45, 2.75) is 6.36 Å².